The second-order valence-electron chi connectivity index (χ2n) is 5.47. The minimum Gasteiger partial charge on any atom is -0.495 e. The van der Waals surface area contributed by atoms with Crippen LogP contribution in [0, 0.1) is 6.92 Å². The van der Waals surface area contributed by atoms with Crippen LogP contribution < -0.4 is 9.46 Å². The molecule has 0 amide bonds. The van der Waals surface area contributed by atoms with Crippen LogP contribution >= 0.6 is 0 Å². The number of methoxy groups -OCH3 is 1. The summed E-state index contributed by atoms with van der Waals surface area (Å²) < 4.78 is 57.8. The van der Waals surface area contributed by atoms with Gasteiger partial charge in [0.2, 0.25) is 20.0 Å². The average Bonchev–Trinajstić information content (AvgIpc) is 3.02. The van der Waals surface area contributed by atoms with Crippen molar-refractivity contribution in [1.29, 1.82) is 0 Å². The van der Waals surface area contributed by atoms with Crippen molar-refractivity contribution in [1.82, 2.24) is 9.03 Å². The van der Waals surface area contributed by atoms with Gasteiger partial charge in [0.1, 0.15) is 10.6 Å². The van der Waals surface area contributed by atoms with Crippen molar-refractivity contribution in [3.05, 3.63) is 23.8 Å². The number of rotatable bonds is 7. The summed E-state index contributed by atoms with van der Waals surface area (Å²) >= 11 is 0. The van der Waals surface area contributed by atoms with Crippen molar-refractivity contribution >= 4 is 20.0 Å². The predicted octanol–water partition coefficient (Wildman–Crippen LogP) is 0.708. The van der Waals surface area contributed by atoms with Crippen molar-refractivity contribution in [3.63, 3.8) is 0 Å². The molecule has 0 saturated carbocycles. The number of nitrogens with one attached hydrogen (secondary N) is 1. The molecule has 1 aromatic carbocycles. The Bertz CT molecular complexity index is 753. The van der Waals surface area contributed by atoms with E-state index in [0.29, 0.717) is 13.1 Å². The second kappa shape index (κ2) is 7.16. The third-order valence-electron chi connectivity index (χ3n) is 3.72. The van der Waals surface area contributed by atoms with Crippen LogP contribution in [0.5, 0.6) is 5.75 Å². The highest BCUT2D eigenvalue weighted by molar-refractivity contribution is 7.90. The topological polar surface area (TPSA) is 92.8 Å². The molecule has 0 spiro atoms. The van der Waals surface area contributed by atoms with Gasteiger partial charge in [0.15, 0.2) is 0 Å². The largest absolute Gasteiger partial charge is 0.495 e. The van der Waals surface area contributed by atoms with Crippen LogP contribution in [0.3, 0.4) is 0 Å². The number of sulfonamides is 2. The van der Waals surface area contributed by atoms with Crippen LogP contribution in [0.1, 0.15) is 18.4 Å². The molecule has 2 rings (SSSR count). The van der Waals surface area contributed by atoms with E-state index in [-0.39, 0.29) is 22.9 Å². The molecule has 0 atom stereocenters. The van der Waals surface area contributed by atoms with Crippen molar-refractivity contribution in [2.24, 2.45) is 0 Å². The Hall–Kier alpha value is -1.16. The SMILES string of the molecule is COc1ccc(C)cc1S(=O)(=O)NCCS(=O)(=O)N1CCCC1. The van der Waals surface area contributed by atoms with Gasteiger partial charge in [0.05, 0.1) is 12.9 Å². The highest BCUT2D eigenvalue weighted by Gasteiger charge is 2.26. The lowest BCUT2D eigenvalue weighted by atomic mass is 10.2. The number of hydrogen-bond donors (Lipinski definition) is 1. The van der Waals surface area contributed by atoms with E-state index in [1.54, 1.807) is 19.1 Å². The lowest BCUT2D eigenvalue weighted by molar-refractivity contribution is 0.402. The molecule has 0 aromatic heterocycles. The Balaban J connectivity index is 2.06. The van der Waals surface area contributed by atoms with E-state index in [1.165, 1.54) is 17.5 Å². The molecule has 0 aliphatic carbocycles. The quantitative estimate of drug-likeness (QED) is 0.771. The van der Waals surface area contributed by atoms with Gasteiger partial charge in [-0.3, -0.25) is 0 Å². The molecule has 0 unspecified atom stereocenters. The van der Waals surface area contributed by atoms with Gasteiger partial charge in [-0.15, -0.1) is 0 Å². The van der Waals surface area contributed by atoms with Gasteiger partial charge in [0.25, 0.3) is 0 Å². The van der Waals surface area contributed by atoms with Crippen LogP contribution in [0.25, 0.3) is 0 Å². The van der Waals surface area contributed by atoms with E-state index in [4.69, 9.17) is 4.74 Å². The first-order chi connectivity index (χ1) is 10.8. The van der Waals surface area contributed by atoms with Crippen molar-refractivity contribution in [3.8, 4) is 5.75 Å². The molecule has 0 radical (unpaired) electrons. The molecule has 1 aliphatic rings. The van der Waals surface area contributed by atoms with Crippen LogP contribution in [0.2, 0.25) is 0 Å². The molecule has 1 aromatic rings. The van der Waals surface area contributed by atoms with Gasteiger partial charge in [-0.1, -0.05) is 6.07 Å². The zero-order valence-corrected chi connectivity index (χ0v) is 14.9. The van der Waals surface area contributed by atoms with Gasteiger partial charge >= 0.3 is 0 Å². The maximum absolute atomic E-state index is 12.4. The maximum Gasteiger partial charge on any atom is 0.244 e. The lowest BCUT2D eigenvalue weighted by Gasteiger charge is -2.16. The molecule has 1 aliphatic heterocycles. The van der Waals surface area contributed by atoms with E-state index >= 15 is 0 Å². The molecule has 9 heteroatoms. The van der Waals surface area contributed by atoms with Crippen LogP contribution in [-0.2, 0) is 20.0 Å². The molecule has 1 saturated heterocycles. The summed E-state index contributed by atoms with van der Waals surface area (Å²) in [7, 11) is -5.85. The predicted molar refractivity (Wildman–Crippen MR) is 87.5 cm³/mol. The number of aryl methyl sites for hydroxylation is 1. The molecular formula is C14H22N2O5S2. The summed E-state index contributed by atoms with van der Waals surface area (Å²) in [6.45, 7) is 2.64. The molecular weight excluding hydrogens is 340 g/mol. The lowest BCUT2D eigenvalue weighted by Crippen LogP contribution is -2.36. The molecule has 23 heavy (non-hydrogen) atoms. The number of benzene rings is 1. The first-order valence-corrected chi connectivity index (χ1v) is 10.5. The van der Waals surface area contributed by atoms with E-state index in [1.807, 2.05) is 0 Å². The van der Waals surface area contributed by atoms with Crippen molar-refractivity contribution < 1.29 is 21.6 Å². The monoisotopic (exact) mass is 362 g/mol. The van der Waals surface area contributed by atoms with E-state index in [2.05, 4.69) is 4.72 Å². The fraction of sp³-hybridized carbons (Fsp3) is 0.571. The highest BCUT2D eigenvalue weighted by atomic mass is 32.2. The van der Waals surface area contributed by atoms with E-state index in [0.717, 1.165) is 18.4 Å². The van der Waals surface area contributed by atoms with Gasteiger partial charge < -0.3 is 4.74 Å². The summed E-state index contributed by atoms with van der Waals surface area (Å²) in [6.07, 6.45) is 1.71. The molecule has 7 nitrogen and oxygen atoms in total. The third-order valence-corrected chi connectivity index (χ3v) is 7.07. The third kappa shape index (κ3) is 4.43. The molecule has 1 fully saturated rings. The Morgan fingerprint density at radius 2 is 1.83 bits per heavy atom. The summed E-state index contributed by atoms with van der Waals surface area (Å²) in [5.41, 5.74) is 0.774. The molecule has 1 heterocycles. The zero-order chi connectivity index (χ0) is 17.1. The molecule has 0 bridgehead atoms. The Labute approximate surface area is 137 Å². The van der Waals surface area contributed by atoms with Gasteiger partial charge in [-0.05, 0) is 37.5 Å². The molecule has 1 N–H and O–H groups in total. The van der Waals surface area contributed by atoms with E-state index in [9.17, 15) is 16.8 Å². The van der Waals surface area contributed by atoms with Gasteiger partial charge in [0, 0.05) is 19.6 Å². The minimum absolute atomic E-state index is 0.0126. The van der Waals surface area contributed by atoms with E-state index < -0.39 is 20.0 Å². The fourth-order valence-electron chi connectivity index (χ4n) is 2.47. The first-order valence-electron chi connectivity index (χ1n) is 7.38. The number of nitrogens with zero attached hydrogens (tertiary/aromatic N) is 1. The Morgan fingerprint density at radius 1 is 1.17 bits per heavy atom. The molecule has 130 valence electrons. The van der Waals surface area contributed by atoms with Crippen LogP contribution in [-0.4, -0.2) is 53.6 Å². The van der Waals surface area contributed by atoms with Crippen LogP contribution in [0.4, 0.5) is 0 Å². The van der Waals surface area contributed by atoms with Gasteiger partial charge in [-0.25, -0.2) is 25.9 Å². The Morgan fingerprint density at radius 3 is 2.43 bits per heavy atom. The fourth-order valence-corrected chi connectivity index (χ4v) is 5.32. The maximum atomic E-state index is 12.4. The normalized spacial score (nSPS) is 16.6. The van der Waals surface area contributed by atoms with Crippen molar-refractivity contribution in [2.75, 3.05) is 32.5 Å². The van der Waals surface area contributed by atoms with Crippen molar-refractivity contribution in [2.45, 2.75) is 24.7 Å². The average molecular weight is 362 g/mol. The number of ether oxygens (including phenoxy) is 1. The summed E-state index contributed by atoms with van der Waals surface area (Å²) in [5, 5.41) is 0. The second-order valence-corrected chi connectivity index (χ2v) is 9.30. The van der Waals surface area contributed by atoms with Gasteiger partial charge in [-0.2, -0.15) is 0 Å². The summed E-state index contributed by atoms with van der Waals surface area (Å²) in [5.74, 6) is -0.0223. The summed E-state index contributed by atoms with van der Waals surface area (Å²) in [6, 6.07) is 4.82. The Kier molecular flexibility index (Phi) is 5.66. The standard InChI is InChI=1S/C14H22N2O5S2/c1-12-5-6-13(21-2)14(11-12)23(19,20)15-7-10-22(17,18)16-8-3-4-9-16/h5-6,11,15H,3-4,7-10H2,1-2H3. The van der Waals surface area contributed by atoms with Crippen LogP contribution in [0.15, 0.2) is 23.1 Å². The number of hydrogen-bond acceptors (Lipinski definition) is 5. The smallest absolute Gasteiger partial charge is 0.244 e. The minimum atomic E-state index is -3.83. The highest BCUT2D eigenvalue weighted by Crippen LogP contribution is 2.24. The zero-order valence-electron chi connectivity index (χ0n) is 13.3. The summed E-state index contributed by atoms with van der Waals surface area (Å²) in [4.78, 5) is 0.0126. The first kappa shape index (κ1) is 18.2.